The highest BCUT2D eigenvalue weighted by Gasteiger charge is 2.26. The number of ether oxygens (including phenoxy) is 1. The van der Waals surface area contributed by atoms with Gasteiger partial charge < -0.3 is 9.64 Å². The Morgan fingerprint density at radius 3 is 3.00 bits per heavy atom. The van der Waals surface area contributed by atoms with Crippen LogP contribution in [0.3, 0.4) is 0 Å². The molecule has 6 nitrogen and oxygen atoms in total. The van der Waals surface area contributed by atoms with Gasteiger partial charge >= 0.3 is 0 Å². The molecule has 23 heavy (non-hydrogen) atoms. The molecule has 0 aromatic carbocycles. The van der Waals surface area contributed by atoms with E-state index in [-0.39, 0.29) is 12.5 Å². The monoisotopic (exact) mass is 314 g/mol. The van der Waals surface area contributed by atoms with Gasteiger partial charge in [-0.1, -0.05) is 6.07 Å². The van der Waals surface area contributed by atoms with Crippen molar-refractivity contribution in [1.82, 2.24) is 19.7 Å². The minimum atomic E-state index is 0.0756. The van der Waals surface area contributed by atoms with E-state index in [1.165, 1.54) is 0 Å². The van der Waals surface area contributed by atoms with Gasteiger partial charge in [0.2, 0.25) is 5.91 Å². The number of methoxy groups -OCH3 is 1. The normalized spacial score (nSPS) is 17.7. The molecule has 1 aliphatic heterocycles. The highest BCUT2D eigenvalue weighted by molar-refractivity contribution is 5.77. The molecule has 1 atom stereocenters. The topological polar surface area (TPSA) is 60.2 Å². The van der Waals surface area contributed by atoms with Gasteiger partial charge in [-0.25, -0.2) is 0 Å². The molecule has 3 heterocycles. The molecule has 0 bridgehead atoms. The number of amides is 1. The molecule has 0 N–H and O–H groups in total. The van der Waals surface area contributed by atoms with Crippen LogP contribution in [-0.4, -0.2) is 52.4 Å². The first-order valence-corrected chi connectivity index (χ1v) is 7.88. The first-order chi connectivity index (χ1) is 11.2. The number of pyridine rings is 1. The van der Waals surface area contributed by atoms with E-state index in [1.807, 2.05) is 34.8 Å². The summed E-state index contributed by atoms with van der Waals surface area (Å²) in [6.07, 6.45) is 3.69. The molecule has 0 aliphatic carbocycles. The molecule has 3 rings (SSSR count). The van der Waals surface area contributed by atoms with Gasteiger partial charge in [-0.15, -0.1) is 0 Å². The number of aromatic nitrogens is 3. The zero-order valence-corrected chi connectivity index (χ0v) is 13.6. The number of likely N-dealkylation sites (tertiary alicyclic amines) is 1. The smallest absolute Gasteiger partial charge is 0.248 e. The molecule has 2 aromatic heterocycles. The van der Waals surface area contributed by atoms with Crippen molar-refractivity contribution in [1.29, 1.82) is 0 Å². The molecule has 0 spiro atoms. The SMILES string of the molecule is COCC(=O)N1CCC(Cc2cccc(-c3ccnn3C)n2)C1. The van der Waals surface area contributed by atoms with Crippen molar-refractivity contribution < 1.29 is 9.53 Å². The van der Waals surface area contributed by atoms with Gasteiger partial charge in [-0.2, -0.15) is 5.10 Å². The molecule has 1 aliphatic rings. The molecule has 1 unspecified atom stereocenters. The lowest BCUT2D eigenvalue weighted by molar-refractivity contribution is -0.134. The summed E-state index contributed by atoms with van der Waals surface area (Å²) in [5.74, 6) is 0.539. The molecule has 6 heteroatoms. The Labute approximate surface area is 136 Å². The highest BCUT2D eigenvalue weighted by atomic mass is 16.5. The van der Waals surface area contributed by atoms with Crippen molar-refractivity contribution in [3.8, 4) is 11.4 Å². The summed E-state index contributed by atoms with van der Waals surface area (Å²) in [5, 5.41) is 4.19. The Balaban J connectivity index is 1.65. The van der Waals surface area contributed by atoms with Crippen LogP contribution in [0.5, 0.6) is 0 Å². The third-order valence-corrected chi connectivity index (χ3v) is 4.29. The largest absolute Gasteiger partial charge is 0.375 e. The van der Waals surface area contributed by atoms with E-state index in [2.05, 4.69) is 11.2 Å². The van der Waals surface area contributed by atoms with Crippen LogP contribution in [-0.2, 0) is 23.0 Å². The zero-order chi connectivity index (χ0) is 16.2. The van der Waals surface area contributed by atoms with E-state index < -0.39 is 0 Å². The predicted octanol–water partition coefficient (Wildman–Crippen LogP) is 1.52. The van der Waals surface area contributed by atoms with E-state index in [0.29, 0.717) is 5.92 Å². The molecular formula is C17H22N4O2. The number of carbonyl (C=O) groups is 1. The van der Waals surface area contributed by atoms with Crippen molar-refractivity contribution in [2.24, 2.45) is 13.0 Å². The Bertz CT molecular complexity index is 683. The number of aryl methyl sites for hydroxylation is 1. The number of nitrogens with zero attached hydrogens (tertiary/aromatic N) is 4. The van der Waals surface area contributed by atoms with Gasteiger partial charge in [-0.05, 0) is 37.0 Å². The highest BCUT2D eigenvalue weighted by Crippen LogP contribution is 2.22. The van der Waals surface area contributed by atoms with Crippen LogP contribution in [0, 0.1) is 5.92 Å². The lowest BCUT2D eigenvalue weighted by atomic mass is 10.0. The van der Waals surface area contributed by atoms with Crippen molar-refractivity contribution in [2.45, 2.75) is 12.8 Å². The van der Waals surface area contributed by atoms with Crippen molar-refractivity contribution in [3.63, 3.8) is 0 Å². The average molecular weight is 314 g/mol. The first kappa shape index (κ1) is 15.7. The van der Waals surface area contributed by atoms with E-state index in [4.69, 9.17) is 9.72 Å². The zero-order valence-electron chi connectivity index (χ0n) is 13.6. The third-order valence-electron chi connectivity index (χ3n) is 4.29. The molecule has 122 valence electrons. The summed E-state index contributed by atoms with van der Waals surface area (Å²) in [6, 6.07) is 8.06. The maximum Gasteiger partial charge on any atom is 0.248 e. The minimum absolute atomic E-state index is 0.0756. The van der Waals surface area contributed by atoms with Gasteiger partial charge in [0, 0.05) is 39.1 Å². The van der Waals surface area contributed by atoms with E-state index in [9.17, 15) is 4.79 Å². The molecule has 2 aromatic rings. The molecule has 0 radical (unpaired) electrons. The van der Waals surface area contributed by atoms with Crippen molar-refractivity contribution >= 4 is 5.91 Å². The lowest BCUT2D eigenvalue weighted by Gasteiger charge is -2.16. The maximum absolute atomic E-state index is 11.9. The average Bonchev–Trinajstić information content (AvgIpc) is 3.17. The van der Waals surface area contributed by atoms with Crippen LogP contribution < -0.4 is 0 Å². The maximum atomic E-state index is 11.9. The third kappa shape index (κ3) is 3.59. The van der Waals surface area contributed by atoms with Gasteiger partial charge in [-0.3, -0.25) is 14.5 Å². The number of rotatable bonds is 5. The fraction of sp³-hybridized carbons (Fsp3) is 0.471. The Morgan fingerprint density at radius 2 is 2.26 bits per heavy atom. The summed E-state index contributed by atoms with van der Waals surface area (Å²) in [6.45, 7) is 1.77. The van der Waals surface area contributed by atoms with Gasteiger partial charge in [0.25, 0.3) is 0 Å². The minimum Gasteiger partial charge on any atom is -0.375 e. The summed E-state index contributed by atoms with van der Waals surface area (Å²) in [4.78, 5) is 18.5. The fourth-order valence-corrected chi connectivity index (χ4v) is 3.10. The quantitative estimate of drug-likeness (QED) is 0.839. The Morgan fingerprint density at radius 1 is 1.39 bits per heavy atom. The predicted molar refractivity (Wildman–Crippen MR) is 86.7 cm³/mol. The van der Waals surface area contributed by atoms with Crippen LogP contribution in [0.15, 0.2) is 30.5 Å². The Kier molecular flexibility index (Phi) is 4.71. The number of hydrogen-bond acceptors (Lipinski definition) is 4. The summed E-state index contributed by atoms with van der Waals surface area (Å²) < 4.78 is 6.75. The first-order valence-electron chi connectivity index (χ1n) is 7.88. The molecule has 1 saturated heterocycles. The van der Waals surface area contributed by atoms with E-state index in [0.717, 1.165) is 43.0 Å². The second kappa shape index (κ2) is 6.91. The van der Waals surface area contributed by atoms with E-state index >= 15 is 0 Å². The molecule has 1 amide bonds. The van der Waals surface area contributed by atoms with Crippen LogP contribution >= 0.6 is 0 Å². The van der Waals surface area contributed by atoms with Crippen molar-refractivity contribution in [2.75, 3.05) is 26.8 Å². The van der Waals surface area contributed by atoms with Gasteiger partial charge in [0.15, 0.2) is 0 Å². The fourth-order valence-electron chi connectivity index (χ4n) is 3.10. The van der Waals surface area contributed by atoms with E-state index in [1.54, 1.807) is 13.3 Å². The van der Waals surface area contributed by atoms with Crippen LogP contribution in [0.2, 0.25) is 0 Å². The number of hydrogen-bond donors (Lipinski definition) is 0. The molecular weight excluding hydrogens is 292 g/mol. The molecule has 1 fully saturated rings. The Hall–Kier alpha value is -2.21. The second-order valence-corrected chi connectivity index (χ2v) is 5.99. The summed E-state index contributed by atoms with van der Waals surface area (Å²) in [7, 11) is 3.47. The van der Waals surface area contributed by atoms with Gasteiger partial charge in [0.1, 0.15) is 6.61 Å². The molecule has 0 saturated carbocycles. The lowest BCUT2D eigenvalue weighted by Crippen LogP contribution is -2.31. The summed E-state index contributed by atoms with van der Waals surface area (Å²) in [5.41, 5.74) is 3.01. The van der Waals surface area contributed by atoms with Crippen molar-refractivity contribution in [3.05, 3.63) is 36.2 Å². The standard InChI is InChI=1S/C17H22N4O2/c1-20-16(6-8-18-20)15-5-3-4-14(19-15)10-13-7-9-21(11-13)17(22)12-23-2/h3-6,8,13H,7,9-12H2,1-2H3. The second-order valence-electron chi connectivity index (χ2n) is 5.99. The van der Waals surface area contributed by atoms with Crippen LogP contribution in [0.4, 0.5) is 0 Å². The van der Waals surface area contributed by atoms with Crippen LogP contribution in [0.25, 0.3) is 11.4 Å². The van der Waals surface area contributed by atoms with Crippen LogP contribution in [0.1, 0.15) is 12.1 Å². The number of carbonyl (C=O) groups excluding carboxylic acids is 1. The van der Waals surface area contributed by atoms with Gasteiger partial charge in [0.05, 0.1) is 11.4 Å². The summed E-state index contributed by atoms with van der Waals surface area (Å²) >= 11 is 0.